The molecule has 0 fully saturated rings. The second-order valence-electron chi connectivity index (χ2n) is 6.16. The monoisotopic (exact) mass is 376 g/mol. The van der Waals surface area contributed by atoms with Gasteiger partial charge in [-0.25, -0.2) is 9.18 Å². The highest BCUT2D eigenvalue weighted by atomic mass is 19.1. The van der Waals surface area contributed by atoms with Crippen molar-refractivity contribution in [3.05, 3.63) is 83.9 Å². The Balaban J connectivity index is 1.38. The number of nitrogens with one attached hydrogen (secondary N) is 2. The Morgan fingerprint density at radius 3 is 2.54 bits per heavy atom. The third kappa shape index (κ3) is 3.80. The van der Waals surface area contributed by atoms with Crippen LogP contribution in [0.4, 0.5) is 9.18 Å². The number of carbonyl (C=O) groups is 1. The van der Waals surface area contributed by atoms with Crippen molar-refractivity contribution in [3.8, 4) is 5.69 Å². The van der Waals surface area contributed by atoms with Gasteiger partial charge in [0.05, 0.1) is 12.2 Å². The molecule has 8 heteroatoms. The van der Waals surface area contributed by atoms with Crippen LogP contribution in [0.1, 0.15) is 11.4 Å². The van der Waals surface area contributed by atoms with E-state index in [1.54, 1.807) is 12.1 Å². The molecule has 0 unspecified atom stereocenters. The summed E-state index contributed by atoms with van der Waals surface area (Å²) in [5.74, 6) is 0.0937. The first-order valence-electron chi connectivity index (χ1n) is 8.72. The summed E-state index contributed by atoms with van der Waals surface area (Å²) in [7, 11) is 0. The van der Waals surface area contributed by atoms with Crippen LogP contribution < -0.4 is 10.6 Å². The van der Waals surface area contributed by atoms with Gasteiger partial charge >= 0.3 is 6.03 Å². The molecule has 2 amide bonds. The van der Waals surface area contributed by atoms with Gasteiger partial charge in [-0.3, -0.25) is 0 Å². The lowest BCUT2D eigenvalue weighted by molar-refractivity contribution is 0.240. The molecule has 1 heterocycles. The number of hydrogen-bond acceptors (Lipinski definition) is 4. The van der Waals surface area contributed by atoms with Crippen LogP contribution >= 0.6 is 0 Å². The highest BCUT2D eigenvalue weighted by molar-refractivity contribution is 5.86. The van der Waals surface area contributed by atoms with Crippen LogP contribution in [0.25, 0.3) is 16.5 Å². The summed E-state index contributed by atoms with van der Waals surface area (Å²) in [4.78, 5) is 12.2. The third-order valence-electron chi connectivity index (χ3n) is 4.33. The molecule has 0 saturated carbocycles. The van der Waals surface area contributed by atoms with Crippen LogP contribution in [0.5, 0.6) is 0 Å². The standard InChI is InChI=1S/C20H17FN6O/c21-16-8-10-17(11-9-16)27-19(24-25-26-27)13-23-20(28)22-12-15-6-3-5-14-4-1-2-7-18(14)15/h1-11H,12-13H2,(H2,22,23,28). The van der Waals surface area contributed by atoms with Gasteiger partial charge in [0, 0.05) is 6.54 Å². The molecule has 0 spiro atoms. The van der Waals surface area contributed by atoms with E-state index in [1.165, 1.54) is 16.8 Å². The fraction of sp³-hybridized carbons (Fsp3) is 0.100. The topological polar surface area (TPSA) is 84.7 Å². The Hall–Kier alpha value is -3.81. The van der Waals surface area contributed by atoms with E-state index in [0.717, 1.165) is 16.3 Å². The number of tetrazole rings is 1. The van der Waals surface area contributed by atoms with Crippen LogP contribution in [-0.4, -0.2) is 26.2 Å². The molecule has 7 nitrogen and oxygen atoms in total. The maximum Gasteiger partial charge on any atom is 0.315 e. The minimum Gasteiger partial charge on any atom is -0.334 e. The summed E-state index contributed by atoms with van der Waals surface area (Å²) in [5, 5.41) is 19.2. The lowest BCUT2D eigenvalue weighted by Gasteiger charge is -2.10. The van der Waals surface area contributed by atoms with Gasteiger partial charge in [-0.1, -0.05) is 42.5 Å². The minimum atomic E-state index is -0.343. The molecule has 0 aliphatic carbocycles. The third-order valence-corrected chi connectivity index (χ3v) is 4.33. The number of urea groups is 1. The summed E-state index contributed by atoms with van der Waals surface area (Å²) in [6.45, 7) is 0.530. The zero-order chi connectivity index (χ0) is 19.3. The lowest BCUT2D eigenvalue weighted by Crippen LogP contribution is -2.35. The van der Waals surface area contributed by atoms with Crippen molar-refractivity contribution >= 4 is 16.8 Å². The summed E-state index contributed by atoms with van der Waals surface area (Å²) in [6.07, 6.45) is 0. The van der Waals surface area contributed by atoms with E-state index < -0.39 is 0 Å². The lowest BCUT2D eigenvalue weighted by atomic mass is 10.0. The fourth-order valence-corrected chi connectivity index (χ4v) is 2.94. The minimum absolute atomic E-state index is 0.131. The van der Waals surface area contributed by atoms with E-state index >= 15 is 0 Å². The van der Waals surface area contributed by atoms with Gasteiger partial charge in [0.2, 0.25) is 0 Å². The van der Waals surface area contributed by atoms with E-state index in [2.05, 4.69) is 26.2 Å². The predicted octanol–water partition coefficient (Wildman–Crippen LogP) is 2.95. The molecule has 3 aromatic carbocycles. The Morgan fingerprint density at radius 2 is 1.68 bits per heavy atom. The molecule has 0 radical (unpaired) electrons. The highest BCUT2D eigenvalue weighted by Crippen LogP contribution is 2.18. The molecule has 0 aliphatic heterocycles. The van der Waals surface area contributed by atoms with Gasteiger partial charge in [0.25, 0.3) is 0 Å². The van der Waals surface area contributed by atoms with Crippen molar-refractivity contribution in [3.63, 3.8) is 0 Å². The molecule has 0 saturated heterocycles. The van der Waals surface area contributed by atoms with E-state index in [9.17, 15) is 9.18 Å². The van der Waals surface area contributed by atoms with Crippen molar-refractivity contribution in [2.24, 2.45) is 0 Å². The number of carbonyl (C=O) groups excluding carboxylic acids is 1. The summed E-state index contributed by atoms with van der Waals surface area (Å²) in [6, 6.07) is 19.5. The second kappa shape index (κ2) is 7.83. The van der Waals surface area contributed by atoms with Crippen LogP contribution in [0.3, 0.4) is 0 Å². The maximum absolute atomic E-state index is 13.1. The number of halogens is 1. The zero-order valence-electron chi connectivity index (χ0n) is 14.8. The second-order valence-corrected chi connectivity index (χ2v) is 6.16. The first kappa shape index (κ1) is 17.6. The van der Waals surface area contributed by atoms with Crippen molar-refractivity contribution in [1.82, 2.24) is 30.8 Å². The maximum atomic E-state index is 13.1. The van der Waals surface area contributed by atoms with Gasteiger partial charge < -0.3 is 10.6 Å². The molecule has 2 N–H and O–H groups in total. The molecule has 0 atom stereocenters. The van der Waals surface area contributed by atoms with Crippen LogP contribution in [0.2, 0.25) is 0 Å². The van der Waals surface area contributed by atoms with Gasteiger partial charge in [-0.15, -0.1) is 5.10 Å². The summed E-state index contributed by atoms with van der Waals surface area (Å²) in [5.41, 5.74) is 1.64. The van der Waals surface area contributed by atoms with Crippen molar-refractivity contribution < 1.29 is 9.18 Å². The highest BCUT2D eigenvalue weighted by Gasteiger charge is 2.10. The van der Waals surface area contributed by atoms with Crippen molar-refractivity contribution in [2.75, 3.05) is 0 Å². The molecule has 140 valence electrons. The van der Waals surface area contributed by atoms with Gasteiger partial charge in [-0.05, 0) is 51.0 Å². The quantitative estimate of drug-likeness (QED) is 0.561. The SMILES string of the molecule is O=C(NCc1cccc2ccccc12)NCc1nnnn1-c1ccc(F)cc1. The number of hydrogen-bond donors (Lipinski definition) is 2. The van der Waals surface area contributed by atoms with Gasteiger partial charge in [0.15, 0.2) is 5.82 Å². The summed E-state index contributed by atoms with van der Waals surface area (Å²) >= 11 is 0. The van der Waals surface area contributed by atoms with Crippen LogP contribution in [0.15, 0.2) is 66.7 Å². The average molecular weight is 376 g/mol. The Bertz CT molecular complexity index is 1100. The van der Waals surface area contributed by atoms with E-state index in [1.807, 2.05) is 42.5 Å². The number of fused-ring (bicyclic) bond motifs is 1. The first-order valence-corrected chi connectivity index (χ1v) is 8.72. The molecular formula is C20H17FN6O. The number of nitrogens with zero attached hydrogens (tertiary/aromatic N) is 4. The van der Waals surface area contributed by atoms with Crippen molar-refractivity contribution in [1.29, 1.82) is 0 Å². The van der Waals surface area contributed by atoms with Crippen LogP contribution in [0, 0.1) is 5.82 Å². The molecule has 4 aromatic rings. The van der Waals surface area contributed by atoms with Gasteiger partial charge in [-0.2, -0.15) is 4.68 Å². The number of aromatic nitrogens is 4. The van der Waals surface area contributed by atoms with Gasteiger partial charge in [0.1, 0.15) is 5.82 Å². The molecule has 0 aliphatic rings. The Labute approximate surface area is 160 Å². The van der Waals surface area contributed by atoms with Crippen molar-refractivity contribution in [2.45, 2.75) is 13.1 Å². The average Bonchev–Trinajstić information content (AvgIpc) is 3.20. The Morgan fingerprint density at radius 1 is 0.929 bits per heavy atom. The van der Waals surface area contributed by atoms with Crippen LogP contribution in [-0.2, 0) is 13.1 Å². The molecule has 0 bridgehead atoms. The van der Waals surface area contributed by atoms with E-state index in [0.29, 0.717) is 18.1 Å². The molecule has 4 rings (SSSR count). The predicted molar refractivity (Wildman–Crippen MR) is 102 cm³/mol. The zero-order valence-corrected chi connectivity index (χ0v) is 14.8. The fourth-order valence-electron chi connectivity index (χ4n) is 2.94. The number of rotatable bonds is 5. The van der Waals surface area contributed by atoms with E-state index in [-0.39, 0.29) is 18.4 Å². The first-order chi connectivity index (χ1) is 13.7. The number of benzene rings is 3. The number of amides is 2. The Kier molecular flexibility index (Phi) is 4.92. The molecule has 1 aromatic heterocycles. The smallest absolute Gasteiger partial charge is 0.315 e. The van der Waals surface area contributed by atoms with E-state index in [4.69, 9.17) is 0 Å². The normalized spacial score (nSPS) is 10.8. The summed E-state index contributed by atoms with van der Waals surface area (Å²) < 4.78 is 14.5. The largest absolute Gasteiger partial charge is 0.334 e. The molecular weight excluding hydrogens is 359 g/mol. The molecule has 28 heavy (non-hydrogen) atoms.